The van der Waals surface area contributed by atoms with E-state index in [2.05, 4.69) is 17.7 Å². The molecular formula is C27H33N3O4. The highest BCUT2D eigenvalue weighted by Gasteiger charge is 2.23. The lowest BCUT2D eigenvalue weighted by atomic mass is 10.1. The van der Waals surface area contributed by atoms with Gasteiger partial charge >= 0.3 is 0 Å². The van der Waals surface area contributed by atoms with Gasteiger partial charge in [-0.05, 0) is 25.1 Å². The van der Waals surface area contributed by atoms with E-state index in [0.29, 0.717) is 30.5 Å². The van der Waals surface area contributed by atoms with Crippen LogP contribution in [-0.4, -0.2) is 59.3 Å². The zero-order valence-corrected chi connectivity index (χ0v) is 20.1. The molecule has 34 heavy (non-hydrogen) atoms. The van der Waals surface area contributed by atoms with E-state index in [1.54, 1.807) is 11.8 Å². The summed E-state index contributed by atoms with van der Waals surface area (Å²) in [7, 11) is 3.50. The average molecular weight is 464 g/mol. The molecule has 1 N–H and O–H groups in total. The van der Waals surface area contributed by atoms with Crippen molar-refractivity contribution in [2.75, 3.05) is 33.4 Å². The number of methoxy groups -OCH3 is 1. The molecule has 0 radical (unpaired) electrons. The van der Waals surface area contributed by atoms with E-state index in [0.717, 1.165) is 29.8 Å². The highest BCUT2D eigenvalue weighted by molar-refractivity contribution is 5.65. The summed E-state index contributed by atoms with van der Waals surface area (Å²) in [4.78, 5) is 2.19. The summed E-state index contributed by atoms with van der Waals surface area (Å²) >= 11 is 0. The fourth-order valence-electron chi connectivity index (χ4n) is 3.81. The quantitative estimate of drug-likeness (QED) is 0.304. The van der Waals surface area contributed by atoms with Gasteiger partial charge in [0.2, 0.25) is 5.88 Å². The summed E-state index contributed by atoms with van der Waals surface area (Å²) in [5.41, 5.74) is 2.80. The van der Waals surface area contributed by atoms with E-state index in [1.807, 2.05) is 61.6 Å². The molecule has 0 fully saturated rings. The van der Waals surface area contributed by atoms with Crippen molar-refractivity contribution in [3.63, 3.8) is 0 Å². The van der Waals surface area contributed by atoms with Gasteiger partial charge in [-0.3, -0.25) is 4.90 Å². The Kier molecular flexibility index (Phi) is 9.53. The first kappa shape index (κ1) is 25.3. The molecule has 0 amide bonds. The Balaban J connectivity index is 1.93. The second-order valence-corrected chi connectivity index (χ2v) is 8.01. The molecule has 2 aromatic carbocycles. The smallest absolute Gasteiger partial charge is 0.222 e. The number of aromatic nitrogens is 2. The fourth-order valence-corrected chi connectivity index (χ4v) is 3.81. The minimum absolute atomic E-state index is 0.185. The summed E-state index contributed by atoms with van der Waals surface area (Å²) in [6, 6.07) is 17.5. The molecule has 7 nitrogen and oxygen atoms in total. The molecule has 7 heteroatoms. The Bertz CT molecular complexity index is 1080. The Morgan fingerprint density at radius 3 is 2.62 bits per heavy atom. The van der Waals surface area contributed by atoms with E-state index < -0.39 is 6.10 Å². The van der Waals surface area contributed by atoms with Gasteiger partial charge in [0, 0.05) is 31.8 Å². The molecular weight excluding hydrogens is 430 g/mol. The molecule has 0 bridgehead atoms. The van der Waals surface area contributed by atoms with Crippen molar-refractivity contribution in [3.05, 3.63) is 60.2 Å². The Morgan fingerprint density at radius 2 is 1.91 bits per heavy atom. The Hall–Kier alpha value is -3.31. The summed E-state index contributed by atoms with van der Waals surface area (Å²) in [5.74, 6) is 4.44. The van der Waals surface area contributed by atoms with Crippen LogP contribution in [0.5, 0.6) is 17.4 Å². The van der Waals surface area contributed by atoms with E-state index in [9.17, 15) is 5.11 Å². The van der Waals surface area contributed by atoms with Crippen molar-refractivity contribution in [1.29, 1.82) is 0 Å². The predicted octanol–water partition coefficient (Wildman–Crippen LogP) is 4.11. The minimum Gasteiger partial charge on any atom is -0.497 e. The lowest BCUT2D eigenvalue weighted by molar-refractivity contribution is 0.0260. The van der Waals surface area contributed by atoms with Crippen LogP contribution >= 0.6 is 0 Å². The highest BCUT2D eigenvalue weighted by atomic mass is 16.5. The van der Waals surface area contributed by atoms with E-state index in [4.69, 9.17) is 25.7 Å². The second kappa shape index (κ2) is 12.8. The van der Waals surface area contributed by atoms with Crippen LogP contribution in [-0.2, 0) is 18.3 Å². The first-order chi connectivity index (χ1) is 16.5. The summed E-state index contributed by atoms with van der Waals surface area (Å²) < 4.78 is 18.8. The van der Waals surface area contributed by atoms with Gasteiger partial charge in [-0.1, -0.05) is 49.2 Å². The Labute approximate surface area is 201 Å². The number of benzene rings is 2. The molecule has 0 saturated carbocycles. The molecule has 0 aliphatic rings. The largest absolute Gasteiger partial charge is 0.497 e. The van der Waals surface area contributed by atoms with Crippen molar-refractivity contribution in [2.24, 2.45) is 7.05 Å². The monoisotopic (exact) mass is 463 g/mol. The lowest BCUT2D eigenvalue weighted by Crippen LogP contribution is -2.35. The van der Waals surface area contributed by atoms with Crippen molar-refractivity contribution in [1.82, 2.24) is 14.7 Å². The molecule has 0 unspecified atom stereocenters. The lowest BCUT2D eigenvalue weighted by Gasteiger charge is -2.25. The van der Waals surface area contributed by atoms with E-state index >= 15 is 0 Å². The maximum Gasteiger partial charge on any atom is 0.222 e. The molecule has 1 aromatic heterocycles. The number of ether oxygens (including phenoxy) is 3. The normalized spacial score (nSPS) is 11.9. The molecule has 0 aliphatic carbocycles. The van der Waals surface area contributed by atoms with Gasteiger partial charge in [0.25, 0.3) is 0 Å². The van der Waals surface area contributed by atoms with Gasteiger partial charge < -0.3 is 19.3 Å². The third-order valence-electron chi connectivity index (χ3n) is 5.28. The van der Waals surface area contributed by atoms with Crippen LogP contribution in [0.4, 0.5) is 0 Å². The fraction of sp³-hybridized carbons (Fsp3) is 0.370. The second-order valence-electron chi connectivity index (χ2n) is 8.01. The summed E-state index contributed by atoms with van der Waals surface area (Å²) in [5, 5.41) is 15.3. The summed E-state index contributed by atoms with van der Waals surface area (Å²) in [6.07, 6.45) is 5.52. The third-order valence-corrected chi connectivity index (χ3v) is 5.28. The SMILES string of the molecule is C#CCOC[C@@H](O)CN(CCC)Cc1c(-c2ccccc2)nn(C)c1Oc1cccc(OC)c1. The number of hydrogen-bond donors (Lipinski definition) is 1. The number of nitrogens with zero attached hydrogens (tertiary/aromatic N) is 3. The molecule has 0 saturated heterocycles. The predicted molar refractivity (Wildman–Crippen MR) is 133 cm³/mol. The molecule has 1 heterocycles. The minimum atomic E-state index is -0.653. The number of terminal acetylenes is 1. The van der Waals surface area contributed by atoms with Crippen LogP contribution in [0.2, 0.25) is 0 Å². The first-order valence-electron chi connectivity index (χ1n) is 11.4. The molecule has 180 valence electrons. The van der Waals surface area contributed by atoms with Gasteiger partial charge in [-0.15, -0.1) is 6.42 Å². The number of aliphatic hydroxyl groups is 1. The maximum atomic E-state index is 10.5. The standard InChI is InChI=1S/C27H33N3O4/c1-5-15-30(18-22(31)20-33-16-6-2)19-25-26(21-11-8-7-9-12-21)28-29(3)27(25)34-24-14-10-13-23(17-24)32-4/h2,7-14,17,22,31H,5,15-16,18-20H2,1,3-4H3/t22-/m0/s1. The van der Waals surface area contributed by atoms with Crippen LogP contribution in [0.25, 0.3) is 11.3 Å². The molecule has 0 aliphatic heterocycles. The first-order valence-corrected chi connectivity index (χ1v) is 11.4. The van der Waals surface area contributed by atoms with Gasteiger partial charge in [-0.25, -0.2) is 4.68 Å². The third kappa shape index (κ3) is 6.84. The van der Waals surface area contributed by atoms with E-state index in [1.165, 1.54) is 0 Å². The number of rotatable bonds is 13. The van der Waals surface area contributed by atoms with Gasteiger partial charge in [0.05, 0.1) is 25.4 Å². The number of aliphatic hydroxyl groups excluding tert-OH is 1. The van der Waals surface area contributed by atoms with Gasteiger partial charge in [0.1, 0.15) is 23.8 Å². The topological polar surface area (TPSA) is 69.0 Å². The van der Waals surface area contributed by atoms with Crippen molar-refractivity contribution in [2.45, 2.75) is 26.0 Å². The van der Waals surface area contributed by atoms with Crippen LogP contribution in [0.3, 0.4) is 0 Å². The van der Waals surface area contributed by atoms with Crippen LogP contribution in [0.15, 0.2) is 54.6 Å². The maximum absolute atomic E-state index is 10.5. The molecule has 3 rings (SSSR count). The Morgan fingerprint density at radius 1 is 1.15 bits per heavy atom. The molecule has 3 aromatic rings. The highest BCUT2D eigenvalue weighted by Crippen LogP contribution is 2.35. The zero-order valence-electron chi connectivity index (χ0n) is 20.1. The number of hydrogen-bond acceptors (Lipinski definition) is 6. The van der Waals surface area contributed by atoms with Gasteiger partial charge in [0.15, 0.2) is 0 Å². The van der Waals surface area contributed by atoms with Crippen LogP contribution in [0.1, 0.15) is 18.9 Å². The van der Waals surface area contributed by atoms with Gasteiger partial charge in [-0.2, -0.15) is 5.10 Å². The molecule has 1 atom stereocenters. The number of aryl methyl sites for hydroxylation is 1. The van der Waals surface area contributed by atoms with Crippen molar-refractivity contribution >= 4 is 0 Å². The van der Waals surface area contributed by atoms with Crippen molar-refractivity contribution < 1.29 is 19.3 Å². The zero-order chi connectivity index (χ0) is 24.3. The van der Waals surface area contributed by atoms with Crippen LogP contribution < -0.4 is 9.47 Å². The molecule has 0 spiro atoms. The van der Waals surface area contributed by atoms with Crippen LogP contribution in [0, 0.1) is 12.3 Å². The average Bonchev–Trinajstić information content (AvgIpc) is 3.15. The van der Waals surface area contributed by atoms with E-state index in [-0.39, 0.29) is 13.2 Å². The van der Waals surface area contributed by atoms with Crippen molar-refractivity contribution in [3.8, 4) is 41.0 Å². The summed E-state index contributed by atoms with van der Waals surface area (Å²) in [6.45, 7) is 4.29.